The Labute approximate surface area is 141 Å². The topological polar surface area (TPSA) is 62.5 Å². The van der Waals surface area contributed by atoms with Crippen molar-refractivity contribution in [3.05, 3.63) is 36.0 Å². The smallest absolute Gasteiger partial charge is 0.303 e. The highest BCUT2D eigenvalue weighted by molar-refractivity contribution is 5.84. The fraction of sp³-hybridized carbons (Fsp3) is 0.474. The van der Waals surface area contributed by atoms with Gasteiger partial charge in [0, 0.05) is 30.7 Å². The minimum Gasteiger partial charge on any atom is -0.481 e. The number of nitrogens with zero attached hydrogens (tertiary/aromatic N) is 2. The summed E-state index contributed by atoms with van der Waals surface area (Å²) < 4.78 is 2.07. The summed E-state index contributed by atoms with van der Waals surface area (Å²) in [5.74, 6) is -0.325. The Morgan fingerprint density at radius 2 is 2.08 bits per heavy atom. The summed E-state index contributed by atoms with van der Waals surface area (Å²) in [6.07, 6.45) is 2.82. The molecule has 0 saturated carbocycles. The lowest BCUT2D eigenvalue weighted by molar-refractivity contribution is -0.137. The molecule has 1 aliphatic heterocycles. The van der Waals surface area contributed by atoms with E-state index in [1.54, 1.807) is 0 Å². The lowest BCUT2D eigenvalue weighted by Gasteiger charge is -2.33. The fourth-order valence-electron chi connectivity index (χ4n) is 3.65. The summed E-state index contributed by atoms with van der Waals surface area (Å²) in [6.45, 7) is 3.84. The van der Waals surface area contributed by atoms with Crippen molar-refractivity contribution < 1.29 is 14.7 Å². The molecule has 0 spiro atoms. The van der Waals surface area contributed by atoms with Crippen molar-refractivity contribution in [2.45, 2.75) is 39.2 Å². The van der Waals surface area contributed by atoms with E-state index in [9.17, 15) is 9.59 Å². The summed E-state index contributed by atoms with van der Waals surface area (Å²) in [4.78, 5) is 25.4. The number of likely N-dealkylation sites (tertiary alicyclic amines) is 1. The van der Waals surface area contributed by atoms with Gasteiger partial charge >= 0.3 is 5.97 Å². The predicted octanol–water partition coefficient (Wildman–Crippen LogP) is 3.05. The number of carboxylic acid groups (broad SMARTS) is 1. The quantitative estimate of drug-likeness (QED) is 0.917. The number of fused-ring (bicyclic) bond motifs is 1. The maximum Gasteiger partial charge on any atom is 0.303 e. The third kappa shape index (κ3) is 3.61. The number of para-hydroxylation sites is 1. The number of benzene rings is 1. The van der Waals surface area contributed by atoms with Crippen molar-refractivity contribution in [2.75, 3.05) is 13.1 Å². The van der Waals surface area contributed by atoms with Crippen LogP contribution < -0.4 is 0 Å². The lowest BCUT2D eigenvalue weighted by atomic mass is 9.93. The first-order valence-electron chi connectivity index (χ1n) is 8.59. The van der Waals surface area contributed by atoms with Gasteiger partial charge < -0.3 is 14.6 Å². The van der Waals surface area contributed by atoms with E-state index in [-0.39, 0.29) is 12.3 Å². The molecule has 1 aromatic heterocycles. The second-order valence-corrected chi connectivity index (χ2v) is 6.71. The van der Waals surface area contributed by atoms with Crippen molar-refractivity contribution in [3.63, 3.8) is 0 Å². The van der Waals surface area contributed by atoms with Crippen molar-refractivity contribution >= 4 is 22.8 Å². The Morgan fingerprint density at radius 3 is 2.88 bits per heavy atom. The molecule has 1 N–H and O–H groups in total. The lowest BCUT2D eigenvalue weighted by Crippen LogP contribution is -2.41. The minimum atomic E-state index is -0.757. The van der Waals surface area contributed by atoms with E-state index in [4.69, 9.17) is 5.11 Å². The molecule has 2 aromatic rings. The highest BCUT2D eigenvalue weighted by atomic mass is 16.4. The van der Waals surface area contributed by atoms with E-state index in [0.29, 0.717) is 25.4 Å². The van der Waals surface area contributed by atoms with Crippen LogP contribution in [0, 0.1) is 12.8 Å². The first kappa shape index (κ1) is 16.6. The maximum absolute atomic E-state index is 12.7. The summed E-state index contributed by atoms with van der Waals surface area (Å²) in [5, 5.41) is 9.99. The summed E-state index contributed by atoms with van der Waals surface area (Å²) in [5.41, 5.74) is 2.17. The first-order valence-corrected chi connectivity index (χ1v) is 8.59. The van der Waals surface area contributed by atoms with Crippen LogP contribution in [-0.2, 0) is 16.1 Å². The number of aromatic nitrogens is 1. The Bertz CT molecular complexity index is 750. The average molecular weight is 328 g/mol. The summed E-state index contributed by atoms with van der Waals surface area (Å²) in [7, 11) is 0. The Balaban J connectivity index is 1.67. The largest absolute Gasteiger partial charge is 0.481 e. The van der Waals surface area contributed by atoms with Gasteiger partial charge in [-0.2, -0.15) is 0 Å². The molecule has 1 aliphatic rings. The molecule has 3 rings (SSSR count). The van der Waals surface area contributed by atoms with Crippen LogP contribution in [0.3, 0.4) is 0 Å². The molecule has 1 fully saturated rings. The van der Waals surface area contributed by atoms with Crippen LogP contribution in [0.2, 0.25) is 0 Å². The number of amides is 1. The fourth-order valence-corrected chi connectivity index (χ4v) is 3.65. The zero-order valence-corrected chi connectivity index (χ0v) is 14.1. The van der Waals surface area contributed by atoms with Gasteiger partial charge in [-0.05, 0) is 49.6 Å². The van der Waals surface area contributed by atoms with Gasteiger partial charge in [0.1, 0.15) is 6.54 Å². The summed E-state index contributed by atoms with van der Waals surface area (Å²) in [6, 6.07) is 10.2. The molecule has 2 heterocycles. The number of carbonyl (C=O) groups is 2. The molecular weight excluding hydrogens is 304 g/mol. The van der Waals surface area contributed by atoms with E-state index in [1.807, 2.05) is 30.0 Å². The zero-order chi connectivity index (χ0) is 17.1. The predicted molar refractivity (Wildman–Crippen MR) is 92.8 cm³/mol. The van der Waals surface area contributed by atoms with E-state index in [2.05, 4.69) is 16.7 Å². The highest BCUT2D eigenvalue weighted by Crippen LogP contribution is 2.23. The van der Waals surface area contributed by atoms with Crippen molar-refractivity contribution in [2.24, 2.45) is 5.92 Å². The standard InChI is InChI=1S/C19H24N2O3/c1-14-11-16-6-2-3-7-17(16)21(14)13-18(22)20-10-4-5-15(12-20)8-9-19(23)24/h2-3,6-7,11,15H,4-5,8-10,12-13H2,1H3,(H,23,24)/t15-/m1/s1. The molecule has 1 amide bonds. The highest BCUT2D eigenvalue weighted by Gasteiger charge is 2.24. The van der Waals surface area contributed by atoms with Crippen LogP contribution in [0.4, 0.5) is 0 Å². The molecule has 1 saturated heterocycles. The maximum atomic E-state index is 12.7. The first-order chi connectivity index (χ1) is 11.5. The molecule has 0 aliphatic carbocycles. The molecular formula is C19H24N2O3. The summed E-state index contributed by atoms with van der Waals surface area (Å²) >= 11 is 0. The van der Waals surface area contributed by atoms with Gasteiger partial charge in [-0.3, -0.25) is 9.59 Å². The second kappa shape index (κ2) is 7.07. The van der Waals surface area contributed by atoms with Crippen LogP contribution in [0.15, 0.2) is 30.3 Å². The number of hydrogen-bond donors (Lipinski definition) is 1. The number of aliphatic carboxylic acids is 1. The Hall–Kier alpha value is -2.30. The molecule has 24 heavy (non-hydrogen) atoms. The van der Waals surface area contributed by atoms with Crippen molar-refractivity contribution in [1.82, 2.24) is 9.47 Å². The van der Waals surface area contributed by atoms with Crippen LogP contribution in [-0.4, -0.2) is 39.5 Å². The average Bonchev–Trinajstić information content (AvgIpc) is 2.89. The van der Waals surface area contributed by atoms with Crippen LogP contribution in [0.1, 0.15) is 31.4 Å². The van der Waals surface area contributed by atoms with Gasteiger partial charge in [-0.25, -0.2) is 0 Å². The monoisotopic (exact) mass is 328 g/mol. The molecule has 0 radical (unpaired) electrons. The molecule has 5 nitrogen and oxygen atoms in total. The van der Waals surface area contributed by atoms with Gasteiger partial charge in [0.25, 0.3) is 0 Å². The van der Waals surface area contributed by atoms with E-state index in [0.717, 1.165) is 36.0 Å². The number of piperidine rings is 1. The van der Waals surface area contributed by atoms with Gasteiger partial charge in [0.15, 0.2) is 0 Å². The third-order valence-electron chi connectivity index (χ3n) is 4.95. The SMILES string of the molecule is Cc1cc2ccccc2n1CC(=O)N1CCC[C@H](CCC(=O)O)C1. The van der Waals surface area contributed by atoms with E-state index < -0.39 is 5.97 Å². The number of carboxylic acids is 1. The van der Waals surface area contributed by atoms with Crippen LogP contribution >= 0.6 is 0 Å². The zero-order valence-electron chi connectivity index (χ0n) is 14.1. The molecule has 0 unspecified atom stereocenters. The Kier molecular flexibility index (Phi) is 4.88. The Morgan fingerprint density at radius 1 is 1.29 bits per heavy atom. The van der Waals surface area contributed by atoms with E-state index >= 15 is 0 Å². The number of hydrogen-bond acceptors (Lipinski definition) is 2. The molecule has 0 bridgehead atoms. The van der Waals surface area contributed by atoms with Gasteiger partial charge in [-0.15, -0.1) is 0 Å². The van der Waals surface area contributed by atoms with Gasteiger partial charge in [0.2, 0.25) is 5.91 Å². The third-order valence-corrected chi connectivity index (χ3v) is 4.95. The number of carbonyl (C=O) groups excluding carboxylic acids is 1. The number of aryl methyl sites for hydroxylation is 1. The molecule has 128 valence electrons. The van der Waals surface area contributed by atoms with Crippen molar-refractivity contribution in [3.8, 4) is 0 Å². The van der Waals surface area contributed by atoms with E-state index in [1.165, 1.54) is 0 Å². The van der Waals surface area contributed by atoms with Gasteiger partial charge in [0.05, 0.1) is 0 Å². The second-order valence-electron chi connectivity index (χ2n) is 6.71. The minimum absolute atomic E-state index is 0.125. The van der Waals surface area contributed by atoms with Crippen molar-refractivity contribution in [1.29, 1.82) is 0 Å². The molecule has 5 heteroatoms. The normalized spacial score (nSPS) is 18.0. The van der Waals surface area contributed by atoms with Gasteiger partial charge in [-0.1, -0.05) is 18.2 Å². The molecule has 1 atom stereocenters. The van der Waals surface area contributed by atoms with Crippen LogP contribution in [0.5, 0.6) is 0 Å². The van der Waals surface area contributed by atoms with Crippen LogP contribution in [0.25, 0.3) is 10.9 Å². The molecule has 1 aromatic carbocycles. The number of rotatable bonds is 5.